The van der Waals surface area contributed by atoms with E-state index in [0.29, 0.717) is 11.7 Å². The summed E-state index contributed by atoms with van der Waals surface area (Å²) in [7, 11) is 0. The molecule has 1 N–H and O–H groups in total. The standard InChI is InChI=1S/C15H17N3O3/c19-14(16-12-4-2-1-3-5-12)10-13-17-15(21-18-13)11-6-8-20-9-7-11/h1-5,11H,6-10H2,(H,16,19). The number of nitrogens with one attached hydrogen (secondary N) is 1. The third-order valence-electron chi connectivity index (χ3n) is 3.43. The van der Waals surface area contributed by atoms with Gasteiger partial charge in [-0.3, -0.25) is 4.79 Å². The van der Waals surface area contributed by atoms with Crippen LogP contribution in [0, 0.1) is 0 Å². The molecule has 1 aromatic heterocycles. The van der Waals surface area contributed by atoms with Gasteiger partial charge < -0.3 is 14.6 Å². The van der Waals surface area contributed by atoms with E-state index in [1.165, 1.54) is 0 Å². The molecule has 3 rings (SSSR count). The molecule has 6 nitrogen and oxygen atoms in total. The molecule has 1 amide bonds. The Labute approximate surface area is 122 Å². The summed E-state index contributed by atoms with van der Waals surface area (Å²) in [6.45, 7) is 1.44. The van der Waals surface area contributed by atoms with Crippen molar-refractivity contribution in [3.05, 3.63) is 42.0 Å². The smallest absolute Gasteiger partial charge is 0.232 e. The van der Waals surface area contributed by atoms with Crippen LogP contribution in [-0.4, -0.2) is 29.3 Å². The largest absolute Gasteiger partial charge is 0.381 e. The van der Waals surface area contributed by atoms with E-state index in [9.17, 15) is 4.79 Å². The maximum atomic E-state index is 11.9. The van der Waals surface area contributed by atoms with Gasteiger partial charge in [-0.05, 0) is 25.0 Å². The Bertz CT molecular complexity index is 591. The van der Waals surface area contributed by atoms with E-state index in [2.05, 4.69) is 15.5 Å². The lowest BCUT2D eigenvalue weighted by atomic mass is 10.0. The number of para-hydroxylation sites is 1. The first-order valence-corrected chi connectivity index (χ1v) is 7.06. The third kappa shape index (κ3) is 3.66. The summed E-state index contributed by atoms with van der Waals surface area (Å²) in [4.78, 5) is 16.2. The third-order valence-corrected chi connectivity index (χ3v) is 3.43. The van der Waals surface area contributed by atoms with Crippen LogP contribution in [0.3, 0.4) is 0 Å². The van der Waals surface area contributed by atoms with Crippen LogP contribution in [0.1, 0.15) is 30.5 Å². The van der Waals surface area contributed by atoms with E-state index in [0.717, 1.165) is 31.7 Å². The number of anilines is 1. The molecule has 1 fully saturated rings. The molecule has 0 radical (unpaired) electrons. The summed E-state index contributed by atoms with van der Waals surface area (Å²) in [5, 5.41) is 6.68. The van der Waals surface area contributed by atoms with Gasteiger partial charge in [0.05, 0.1) is 6.42 Å². The second kappa shape index (κ2) is 6.49. The van der Waals surface area contributed by atoms with Crippen LogP contribution in [0.2, 0.25) is 0 Å². The summed E-state index contributed by atoms with van der Waals surface area (Å²) >= 11 is 0. The first-order chi connectivity index (χ1) is 10.3. The van der Waals surface area contributed by atoms with E-state index in [4.69, 9.17) is 9.26 Å². The second-order valence-corrected chi connectivity index (χ2v) is 5.03. The molecule has 1 saturated heterocycles. The molecular formula is C15H17N3O3. The van der Waals surface area contributed by atoms with Crippen molar-refractivity contribution in [1.29, 1.82) is 0 Å². The quantitative estimate of drug-likeness (QED) is 0.932. The van der Waals surface area contributed by atoms with Crippen LogP contribution in [0.25, 0.3) is 0 Å². The molecule has 0 atom stereocenters. The fraction of sp³-hybridized carbons (Fsp3) is 0.400. The van der Waals surface area contributed by atoms with E-state index >= 15 is 0 Å². The topological polar surface area (TPSA) is 77.2 Å². The first kappa shape index (κ1) is 13.8. The minimum absolute atomic E-state index is 0.113. The zero-order valence-electron chi connectivity index (χ0n) is 11.6. The Kier molecular flexibility index (Phi) is 4.25. The predicted molar refractivity (Wildman–Crippen MR) is 75.9 cm³/mol. The van der Waals surface area contributed by atoms with Crippen LogP contribution >= 0.6 is 0 Å². The highest BCUT2D eigenvalue weighted by Crippen LogP contribution is 2.25. The van der Waals surface area contributed by atoms with E-state index in [1.807, 2.05) is 30.3 Å². The van der Waals surface area contributed by atoms with Gasteiger partial charge in [-0.2, -0.15) is 4.98 Å². The summed E-state index contributed by atoms with van der Waals surface area (Å²) in [6, 6.07) is 9.30. The number of aromatic nitrogens is 2. The molecule has 0 saturated carbocycles. The summed E-state index contributed by atoms with van der Waals surface area (Å²) < 4.78 is 10.6. The van der Waals surface area contributed by atoms with Crippen molar-refractivity contribution in [3.8, 4) is 0 Å². The van der Waals surface area contributed by atoms with Crippen molar-refractivity contribution >= 4 is 11.6 Å². The lowest BCUT2D eigenvalue weighted by Gasteiger charge is -2.17. The van der Waals surface area contributed by atoms with Crippen molar-refractivity contribution in [2.24, 2.45) is 0 Å². The number of rotatable bonds is 4. The second-order valence-electron chi connectivity index (χ2n) is 5.03. The van der Waals surface area contributed by atoms with Gasteiger partial charge >= 0.3 is 0 Å². The van der Waals surface area contributed by atoms with Crippen LogP contribution < -0.4 is 5.32 Å². The van der Waals surface area contributed by atoms with E-state index in [1.54, 1.807) is 0 Å². The van der Waals surface area contributed by atoms with Gasteiger partial charge in [0.2, 0.25) is 11.8 Å². The Morgan fingerprint density at radius 1 is 1.24 bits per heavy atom. The van der Waals surface area contributed by atoms with Crippen LogP contribution in [0.4, 0.5) is 5.69 Å². The van der Waals surface area contributed by atoms with Gasteiger partial charge in [0.25, 0.3) is 0 Å². The number of amides is 1. The average Bonchev–Trinajstić information content (AvgIpc) is 2.97. The zero-order chi connectivity index (χ0) is 14.5. The molecular weight excluding hydrogens is 270 g/mol. The van der Waals surface area contributed by atoms with Crippen LogP contribution in [0.15, 0.2) is 34.9 Å². The highest BCUT2D eigenvalue weighted by Gasteiger charge is 2.22. The van der Waals surface area contributed by atoms with Gasteiger partial charge in [-0.25, -0.2) is 0 Å². The molecule has 0 aliphatic carbocycles. The van der Waals surface area contributed by atoms with Gasteiger partial charge in [-0.15, -0.1) is 0 Å². The Morgan fingerprint density at radius 2 is 2.00 bits per heavy atom. The number of benzene rings is 1. The fourth-order valence-corrected chi connectivity index (χ4v) is 2.32. The highest BCUT2D eigenvalue weighted by atomic mass is 16.5. The molecule has 0 unspecified atom stereocenters. The Balaban J connectivity index is 1.57. The highest BCUT2D eigenvalue weighted by molar-refractivity contribution is 5.91. The molecule has 6 heteroatoms. The maximum Gasteiger partial charge on any atom is 0.232 e. The van der Waals surface area contributed by atoms with E-state index in [-0.39, 0.29) is 18.2 Å². The molecule has 0 spiro atoms. The maximum absolute atomic E-state index is 11.9. The SMILES string of the molecule is O=C(Cc1noc(C2CCOCC2)n1)Nc1ccccc1. The van der Waals surface area contributed by atoms with Crippen LogP contribution in [0.5, 0.6) is 0 Å². The molecule has 1 aliphatic rings. The zero-order valence-corrected chi connectivity index (χ0v) is 11.6. The first-order valence-electron chi connectivity index (χ1n) is 7.06. The average molecular weight is 287 g/mol. The monoisotopic (exact) mass is 287 g/mol. The molecule has 2 heterocycles. The molecule has 1 aromatic carbocycles. The Hall–Kier alpha value is -2.21. The number of hydrogen-bond donors (Lipinski definition) is 1. The summed E-state index contributed by atoms with van der Waals surface area (Å²) in [5.74, 6) is 1.13. The van der Waals surface area contributed by atoms with Gasteiger partial charge in [0.15, 0.2) is 5.82 Å². The van der Waals surface area contributed by atoms with Crippen molar-refractivity contribution in [2.75, 3.05) is 18.5 Å². The van der Waals surface area contributed by atoms with Gasteiger partial charge in [-0.1, -0.05) is 23.4 Å². The summed E-state index contributed by atoms with van der Waals surface area (Å²) in [5.41, 5.74) is 0.760. The Morgan fingerprint density at radius 3 is 2.76 bits per heavy atom. The van der Waals surface area contributed by atoms with Gasteiger partial charge in [0, 0.05) is 24.8 Å². The lowest BCUT2D eigenvalue weighted by molar-refractivity contribution is -0.115. The number of hydrogen-bond acceptors (Lipinski definition) is 5. The molecule has 110 valence electrons. The van der Waals surface area contributed by atoms with Gasteiger partial charge in [0.1, 0.15) is 0 Å². The minimum atomic E-state index is -0.152. The molecule has 21 heavy (non-hydrogen) atoms. The number of nitrogens with zero attached hydrogens (tertiary/aromatic N) is 2. The predicted octanol–water partition coefficient (Wildman–Crippen LogP) is 2.14. The van der Waals surface area contributed by atoms with Crippen molar-refractivity contribution in [3.63, 3.8) is 0 Å². The van der Waals surface area contributed by atoms with Crippen LogP contribution in [-0.2, 0) is 16.0 Å². The van der Waals surface area contributed by atoms with Crippen molar-refractivity contribution in [2.45, 2.75) is 25.2 Å². The van der Waals surface area contributed by atoms with E-state index < -0.39 is 0 Å². The van der Waals surface area contributed by atoms with Crippen molar-refractivity contribution in [1.82, 2.24) is 10.1 Å². The summed E-state index contributed by atoms with van der Waals surface area (Å²) in [6.07, 6.45) is 1.89. The number of carbonyl (C=O) groups excluding carboxylic acids is 1. The number of carbonyl (C=O) groups is 1. The lowest BCUT2D eigenvalue weighted by Crippen LogP contribution is -2.16. The number of ether oxygens (including phenoxy) is 1. The van der Waals surface area contributed by atoms with Crippen molar-refractivity contribution < 1.29 is 14.1 Å². The molecule has 2 aromatic rings. The minimum Gasteiger partial charge on any atom is -0.381 e. The normalized spacial score (nSPS) is 15.8. The molecule has 0 bridgehead atoms. The molecule has 1 aliphatic heterocycles. The fourth-order valence-electron chi connectivity index (χ4n) is 2.32.